The van der Waals surface area contributed by atoms with E-state index in [0.29, 0.717) is 0 Å². The van der Waals surface area contributed by atoms with Crippen LogP contribution in [0.2, 0.25) is 0 Å². The van der Waals surface area contributed by atoms with Gasteiger partial charge in [0.2, 0.25) is 0 Å². The van der Waals surface area contributed by atoms with Gasteiger partial charge < -0.3 is 0 Å². The maximum absolute atomic E-state index is 2.28. The highest BCUT2D eigenvalue weighted by Gasteiger charge is 2.12. The lowest BCUT2D eigenvalue weighted by Crippen LogP contribution is -1.68. The zero-order chi connectivity index (χ0) is 13.1. The molecule has 0 bridgehead atoms. The van der Waals surface area contributed by atoms with E-state index in [-0.39, 0.29) is 0 Å². The number of benzene rings is 3. The summed E-state index contributed by atoms with van der Waals surface area (Å²) >= 11 is 3.81. The normalized spacial score (nSPS) is 12.0. The molecule has 0 nitrogen and oxygen atoms in total. The number of thiophene rings is 2. The van der Waals surface area contributed by atoms with Crippen molar-refractivity contribution < 1.29 is 0 Å². The number of rotatable bonds is 0. The molecule has 5 rings (SSSR count). The van der Waals surface area contributed by atoms with E-state index in [1.165, 1.54) is 40.3 Å². The molecule has 2 aromatic heterocycles. The zero-order valence-electron chi connectivity index (χ0n) is 10.6. The van der Waals surface area contributed by atoms with E-state index in [1.807, 2.05) is 22.7 Å². The van der Waals surface area contributed by atoms with E-state index in [1.54, 1.807) is 0 Å². The molecule has 0 aliphatic rings. The van der Waals surface area contributed by atoms with E-state index >= 15 is 0 Å². The van der Waals surface area contributed by atoms with E-state index < -0.39 is 0 Å². The second-order valence-corrected chi connectivity index (χ2v) is 7.15. The first-order chi connectivity index (χ1) is 9.92. The van der Waals surface area contributed by atoms with Gasteiger partial charge in [0.1, 0.15) is 0 Å². The minimum atomic E-state index is 1.38. The lowest BCUT2D eigenvalue weighted by Gasteiger charge is -1.94. The maximum Gasteiger partial charge on any atom is 0.0448 e. The van der Waals surface area contributed by atoms with Crippen LogP contribution in [-0.4, -0.2) is 0 Å². The first-order valence-corrected chi connectivity index (χ1v) is 8.26. The summed E-state index contributed by atoms with van der Waals surface area (Å²) in [5, 5.41) is 5.60. The van der Waals surface area contributed by atoms with Crippen LogP contribution in [0.25, 0.3) is 40.3 Å². The van der Waals surface area contributed by atoms with E-state index in [2.05, 4.69) is 60.7 Å². The molecule has 2 heterocycles. The maximum atomic E-state index is 2.28. The number of hydrogen-bond acceptors (Lipinski definition) is 2. The first-order valence-electron chi connectivity index (χ1n) is 6.63. The minimum Gasteiger partial charge on any atom is -0.135 e. The zero-order valence-corrected chi connectivity index (χ0v) is 12.2. The van der Waals surface area contributed by atoms with Crippen LogP contribution in [0.5, 0.6) is 0 Å². The summed E-state index contributed by atoms with van der Waals surface area (Å²) in [5.74, 6) is 0. The Morgan fingerprint density at radius 1 is 0.500 bits per heavy atom. The van der Waals surface area contributed by atoms with Crippen molar-refractivity contribution in [1.82, 2.24) is 0 Å². The number of hydrogen-bond donors (Lipinski definition) is 0. The highest BCUT2D eigenvalue weighted by molar-refractivity contribution is 7.29. The van der Waals surface area contributed by atoms with Gasteiger partial charge in [0.15, 0.2) is 0 Å². The van der Waals surface area contributed by atoms with Crippen molar-refractivity contribution in [1.29, 1.82) is 0 Å². The van der Waals surface area contributed by atoms with E-state index in [4.69, 9.17) is 0 Å². The Labute approximate surface area is 123 Å². The number of fused-ring (bicyclic) bond motifs is 7. The molecule has 0 saturated heterocycles. The quantitative estimate of drug-likeness (QED) is 0.308. The predicted molar refractivity (Wildman–Crippen MR) is 92.2 cm³/mol. The van der Waals surface area contributed by atoms with Crippen LogP contribution in [0.3, 0.4) is 0 Å². The summed E-state index contributed by atoms with van der Waals surface area (Å²) < 4.78 is 5.59. The van der Waals surface area contributed by atoms with Crippen LogP contribution in [-0.2, 0) is 0 Å². The molecule has 0 radical (unpaired) electrons. The summed E-state index contributed by atoms with van der Waals surface area (Å²) in [7, 11) is 0. The molecule has 0 atom stereocenters. The van der Waals surface area contributed by atoms with E-state index in [0.717, 1.165) is 0 Å². The molecule has 0 aliphatic heterocycles. The Morgan fingerprint density at radius 3 is 2.05 bits per heavy atom. The Balaban J connectivity index is 2.14. The molecule has 2 heteroatoms. The summed E-state index contributed by atoms with van der Waals surface area (Å²) in [5.41, 5.74) is 0. The SMILES string of the molecule is c1ccc2c(c1)sc1c2ccc2sc3ccccc3c21. The molecule has 0 unspecified atom stereocenters. The molecule has 3 aromatic carbocycles. The smallest absolute Gasteiger partial charge is 0.0448 e. The molecule has 20 heavy (non-hydrogen) atoms. The molecule has 0 aliphatic carbocycles. The fourth-order valence-electron chi connectivity index (χ4n) is 2.99. The third-order valence-electron chi connectivity index (χ3n) is 3.89. The van der Waals surface area contributed by atoms with Gasteiger partial charge in [0.05, 0.1) is 0 Å². The van der Waals surface area contributed by atoms with Crippen molar-refractivity contribution in [2.75, 3.05) is 0 Å². The Hall–Kier alpha value is -1.90. The highest BCUT2D eigenvalue weighted by Crippen LogP contribution is 2.43. The molecule has 0 amide bonds. The topological polar surface area (TPSA) is 0 Å². The van der Waals surface area contributed by atoms with Gasteiger partial charge in [-0.05, 0) is 18.2 Å². The summed E-state index contributed by atoms with van der Waals surface area (Å²) in [6.07, 6.45) is 0. The molecule has 5 aromatic rings. The molecular weight excluding hydrogens is 280 g/mol. The van der Waals surface area contributed by atoms with Crippen molar-refractivity contribution in [2.24, 2.45) is 0 Å². The minimum absolute atomic E-state index is 1.38. The standard InChI is InChI=1S/C18H10S2/c1-3-7-14-11(5-1)12-9-10-16-17(18(12)20-14)13-6-2-4-8-15(13)19-16/h1-10H. The average molecular weight is 290 g/mol. The fourth-order valence-corrected chi connectivity index (χ4v) is 5.43. The van der Waals surface area contributed by atoms with Crippen LogP contribution >= 0.6 is 22.7 Å². The predicted octanol–water partition coefficient (Wildman–Crippen LogP) is 6.42. The molecule has 0 N–H and O–H groups in total. The summed E-state index contributed by atoms with van der Waals surface area (Å²) in [4.78, 5) is 0. The van der Waals surface area contributed by atoms with Crippen LogP contribution in [0, 0.1) is 0 Å². The van der Waals surface area contributed by atoms with Gasteiger partial charge in [-0.15, -0.1) is 22.7 Å². The summed E-state index contributed by atoms with van der Waals surface area (Å²) in [6.45, 7) is 0. The second-order valence-electron chi connectivity index (χ2n) is 5.01. The lowest BCUT2D eigenvalue weighted by atomic mass is 10.1. The van der Waals surface area contributed by atoms with Crippen LogP contribution < -0.4 is 0 Å². The van der Waals surface area contributed by atoms with Gasteiger partial charge in [0, 0.05) is 40.3 Å². The molecule has 0 saturated carbocycles. The lowest BCUT2D eigenvalue weighted by molar-refractivity contribution is 1.86. The van der Waals surface area contributed by atoms with Crippen molar-refractivity contribution in [3.05, 3.63) is 60.7 Å². The molecular formula is C18H10S2. The van der Waals surface area contributed by atoms with Crippen molar-refractivity contribution >= 4 is 63.0 Å². The van der Waals surface area contributed by atoms with Gasteiger partial charge in [-0.1, -0.05) is 42.5 Å². The highest BCUT2D eigenvalue weighted by atomic mass is 32.1. The third-order valence-corrected chi connectivity index (χ3v) is 6.23. The van der Waals surface area contributed by atoms with Gasteiger partial charge in [-0.2, -0.15) is 0 Å². The Morgan fingerprint density at radius 2 is 1.20 bits per heavy atom. The molecule has 0 spiro atoms. The van der Waals surface area contributed by atoms with Crippen molar-refractivity contribution in [3.8, 4) is 0 Å². The van der Waals surface area contributed by atoms with Gasteiger partial charge in [-0.25, -0.2) is 0 Å². The fraction of sp³-hybridized carbons (Fsp3) is 0. The van der Waals surface area contributed by atoms with Crippen molar-refractivity contribution in [2.45, 2.75) is 0 Å². The third kappa shape index (κ3) is 1.30. The monoisotopic (exact) mass is 290 g/mol. The molecule has 0 fully saturated rings. The Bertz CT molecular complexity index is 1100. The van der Waals surface area contributed by atoms with Gasteiger partial charge in [0.25, 0.3) is 0 Å². The second kappa shape index (κ2) is 3.81. The summed E-state index contributed by atoms with van der Waals surface area (Å²) in [6, 6.07) is 22.0. The first kappa shape index (κ1) is 10.8. The van der Waals surface area contributed by atoms with Crippen LogP contribution in [0.1, 0.15) is 0 Å². The molecule has 94 valence electrons. The van der Waals surface area contributed by atoms with Crippen LogP contribution in [0.4, 0.5) is 0 Å². The van der Waals surface area contributed by atoms with Crippen LogP contribution in [0.15, 0.2) is 60.7 Å². The van der Waals surface area contributed by atoms with Gasteiger partial charge >= 0.3 is 0 Å². The van der Waals surface area contributed by atoms with Crippen molar-refractivity contribution in [3.63, 3.8) is 0 Å². The van der Waals surface area contributed by atoms with E-state index in [9.17, 15) is 0 Å². The Kier molecular flexibility index (Phi) is 2.07. The average Bonchev–Trinajstić information content (AvgIpc) is 3.04. The van der Waals surface area contributed by atoms with Gasteiger partial charge in [-0.3, -0.25) is 0 Å². The largest absolute Gasteiger partial charge is 0.135 e.